The van der Waals surface area contributed by atoms with Gasteiger partial charge in [-0.25, -0.2) is 17.9 Å². The Morgan fingerprint density at radius 1 is 1.38 bits per heavy atom. The molecule has 0 bridgehead atoms. The Hall–Kier alpha value is -1.44. The molecule has 0 saturated heterocycles. The number of carbonyl (C=O) groups excluding carboxylic acids is 1. The van der Waals surface area contributed by atoms with E-state index in [1.165, 1.54) is 13.2 Å². The molecule has 0 saturated carbocycles. The van der Waals surface area contributed by atoms with Crippen molar-refractivity contribution in [2.24, 2.45) is 5.92 Å². The summed E-state index contributed by atoms with van der Waals surface area (Å²) >= 11 is 0. The standard InChI is InChI=1S/C14H21NO5S/c1-10(2)13(16)8-15-21(18,19)9-11-5-4-6-12(7-11)14(17)20-3/h4-7,10,13,15-16H,8-9H2,1-3H3. The highest BCUT2D eigenvalue weighted by Gasteiger charge is 2.16. The van der Waals surface area contributed by atoms with Crippen LogP contribution in [0.3, 0.4) is 0 Å². The Kier molecular flexibility index (Phi) is 6.32. The van der Waals surface area contributed by atoms with Crippen molar-refractivity contribution in [2.75, 3.05) is 13.7 Å². The third-order valence-corrected chi connectivity index (χ3v) is 4.31. The number of nitrogens with one attached hydrogen (secondary N) is 1. The molecule has 0 aliphatic carbocycles. The second-order valence-corrected chi connectivity index (χ2v) is 6.92. The first-order chi connectivity index (χ1) is 9.75. The van der Waals surface area contributed by atoms with Crippen molar-refractivity contribution in [3.05, 3.63) is 35.4 Å². The summed E-state index contributed by atoms with van der Waals surface area (Å²) in [6.45, 7) is 3.58. The molecule has 7 heteroatoms. The van der Waals surface area contributed by atoms with Gasteiger partial charge in [0, 0.05) is 6.54 Å². The van der Waals surface area contributed by atoms with Gasteiger partial charge in [-0.05, 0) is 23.6 Å². The molecule has 1 atom stereocenters. The average molecular weight is 315 g/mol. The van der Waals surface area contributed by atoms with Crippen LogP contribution in [-0.2, 0) is 20.5 Å². The van der Waals surface area contributed by atoms with Crippen molar-refractivity contribution in [3.63, 3.8) is 0 Å². The number of aliphatic hydroxyl groups excluding tert-OH is 1. The van der Waals surface area contributed by atoms with Crippen molar-refractivity contribution >= 4 is 16.0 Å². The van der Waals surface area contributed by atoms with Gasteiger partial charge >= 0.3 is 5.97 Å². The molecule has 0 spiro atoms. The van der Waals surface area contributed by atoms with Crippen LogP contribution in [0, 0.1) is 5.92 Å². The average Bonchev–Trinajstić information content (AvgIpc) is 2.43. The summed E-state index contributed by atoms with van der Waals surface area (Å²) in [6, 6.07) is 6.24. The van der Waals surface area contributed by atoms with Crippen LogP contribution in [-0.4, -0.2) is 39.3 Å². The Bertz CT molecular complexity index is 583. The Labute approximate surface area is 125 Å². The number of rotatable bonds is 7. The van der Waals surface area contributed by atoms with E-state index in [0.717, 1.165) is 0 Å². The summed E-state index contributed by atoms with van der Waals surface area (Å²) in [5.41, 5.74) is 0.775. The summed E-state index contributed by atoms with van der Waals surface area (Å²) in [6.07, 6.45) is -0.735. The number of aliphatic hydroxyl groups is 1. The third-order valence-electron chi connectivity index (χ3n) is 2.99. The van der Waals surface area contributed by atoms with Crippen LogP contribution in [0.1, 0.15) is 29.8 Å². The lowest BCUT2D eigenvalue weighted by Gasteiger charge is -2.15. The first-order valence-corrected chi connectivity index (χ1v) is 8.23. The summed E-state index contributed by atoms with van der Waals surface area (Å²) in [5.74, 6) is -0.810. The molecule has 0 amide bonds. The van der Waals surface area contributed by atoms with E-state index < -0.39 is 22.1 Å². The minimum atomic E-state index is -3.57. The minimum Gasteiger partial charge on any atom is -0.465 e. The number of sulfonamides is 1. The Morgan fingerprint density at radius 3 is 2.62 bits per heavy atom. The van der Waals surface area contributed by atoms with Crippen molar-refractivity contribution < 1.29 is 23.1 Å². The number of hydrogen-bond acceptors (Lipinski definition) is 5. The molecule has 1 unspecified atom stereocenters. The highest BCUT2D eigenvalue weighted by Crippen LogP contribution is 2.10. The molecule has 0 aromatic heterocycles. The SMILES string of the molecule is COC(=O)c1cccc(CS(=O)(=O)NCC(O)C(C)C)c1. The van der Waals surface area contributed by atoms with Gasteiger partial charge in [0.1, 0.15) is 0 Å². The Balaban J connectivity index is 2.73. The van der Waals surface area contributed by atoms with Crippen molar-refractivity contribution in [1.29, 1.82) is 0 Å². The van der Waals surface area contributed by atoms with E-state index in [9.17, 15) is 18.3 Å². The molecule has 1 aromatic rings. The molecule has 0 fully saturated rings. The lowest BCUT2D eigenvalue weighted by Crippen LogP contribution is -2.35. The van der Waals surface area contributed by atoms with Gasteiger partial charge in [-0.2, -0.15) is 0 Å². The van der Waals surface area contributed by atoms with E-state index in [0.29, 0.717) is 11.1 Å². The first kappa shape index (κ1) is 17.6. The van der Waals surface area contributed by atoms with Crippen LogP contribution in [0.25, 0.3) is 0 Å². The normalized spacial score (nSPS) is 13.2. The lowest BCUT2D eigenvalue weighted by molar-refractivity contribution is 0.0600. The molecule has 0 radical (unpaired) electrons. The van der Waals surface area contributed by atoms with Crippen molar-refractivity contribution in [2.45, 2.75) is 25.7 Å². The fourth-order valence-corrected chi connectivity index (χ4v) is 2.77. The predicted molar refractivity (Wildman–Crippen MR) is 79.3 cm³/mol. The molecule has 21 heavy (non-hydrogen) atoms. The van der Waals surface area contributed by atoms with Gasteiger partial charge in [0.05, 0.1) is 24.5 Å². The van der Waals surface area contributed by atoms with Crippen LogP contribution >= 0.6 is 0 Å². The lowest BCUT2D eigenvalue weighted by atomic mass is 10.1. The van der Waals surface area contributed by atoms with E-state index in [1.807, 2.05) is 0 Å². The molecule has 118 valence electrons. The number of ether oxygens (including phenoxy) is 1. The number of methoxy groups -OCH3 is 1. The zero-order valence-corrected chi connectivity index (χ0v) is 13.2. The number of esters is 1. The Morgan fingerprint density at radius 2 is 2.05 bits per heavy atom. The van der Waals surface area contributed by atoms with E-state index in [1.54, 1.807) is 32.0 Å². The van der Waals surface area contributed by atoms with Gasteiger partial charge in [0.2, 0.25) is 10.0 Å². The van der Waals surface area contributed by atoms with E-state index in [4.69, 9.17) is 0 Å². The van der Waals surface area contributed by atoms with Gasteiger partial charge < -0.3 is 9.84 Å². The van der Waals surface area contributed by atoms with E-state index in [-0.39, 0.29) is 18.2 Å². The molecule has 6 nitrogen and oxygen atoms in total. The maximum absolute atomic E-state index is 11.9. The maximum atomic E-state index is 11.9. The molecule has 1 aromatic carbocycles. The third kappa shape index (κ3) is 5.82. The molecule has 0 heterocycles. The fourth-order valence-electron chi connectivity index (χ4n) is 1.62. The van der Waals surface area contributed by atoms with Crippen LogP contribution in [0.15, 0.2) is 24.3 Å². The predicted octanol–water partition coefficient (Wildman–Crippen LogP) is 0.909. The van der Waals surface area contributed by atoms with Crippen LogP contribution in [0.2, 0.25) is 0 Å². The summed E-state index contributed by atoms with van der Waals surface area (Å²) in [5, 5.41) is 9.62. The van der Waals surface area contributed by atoms with Crippen molar-refractivity contribution in [3.8, 4) is 0 Å². The monoisotopic (exact) mass is 315 g/mol. The highest BCUT2D eigenvalue weighted by molar-refractivity contribution is 7.88. The second kappa shape index (κ2) is 7.53. The molecule has 2 N–H and O–H groups in total. The zero-order chi connectivity index (χ0) is 16.0. The van der Waals surface area contributed by atoms with Crippen LogP contribution in [0.5, 0.6) is 0 Å². The number of carbonyl (C=O) groups is 1. The summed E-state index contributed by atoms with van der Waals surface area (Å²) < 4.78 is 30.8. The van der Waals surface area contributed by atoms with Gasteiger partial charge in [-0.15, -0.1) is 0 Å². The van der Waals surface area contributed by atoms with Crippen LogP contribution < -0.4 is 4.72 Å². The molecular weight excluding hydrogens is 294 g/mol. The summed E-state index contributed by atoms with van der Waals surface area (Å²) in [4.78, 5) is 11.4. The first-order valence-electron chi connectivity index (χ1n) is 6.58. The molecular formula is C14H21NO5S. The van der Waals surface area contributed by atoms with E-state index in [2.05, 4.69) is 9.46 Å². The fraction of sp³-hybridized carbons (Fsp3) is 0.500. The van der Waals surface area contributed by atoms with Crippen molar-refractivity contribution in [1.82, 2.24) is 4.72 Å². The van der Waals surface area contributed by atoms with Crippen LogP contribution in [0.4, 0.5) is 0 Å². The van der Waals surface area contributed by atoms with Gasteiger partial charge in [-0.1, -0.05) is 26.0 Å². The molecule has 1 rings (SSSR count). The summed E-state index contributed by atoms with van der Waals surface area (Å²) in [7, 11) is -2.31. The highest BCUT2D eigenvalue weighted by atomic mass is 32.2. The minimum absolute atomic E-state index is 0.0311. The zero-order valence-electron chi connectivity index (χ0n) is 12.4. The quantitative estimate of drug-likeness (QED) is 0.730. The second-order valence-electron chi connectivity index (χ2n) is 5.11. The van der Waals surface area contributed by atoms with Gasteiger partial charge in [0.25, 0.3) is 0 Å². The maximum Gasteiger partial charge on any atom is 0.337 e. The van der Waals surface area contributed by atoms with Gasteiger partial charge in [-0.3, -0.25) is 0 Å². The molecule has 0 aliphatic rings. The van der Waals surface area contributed by atoms with E-state index >= 15 is 0 Å². The van der Waals surface area contributed by atoms with Gasteiger partial charge in [0.15, 0.2) is 0 Å². The number of benzene rings is 1. The largest absolute Gasteiger partial charge is 0.465 e. The molecule has 0 aliphatic heterocycles. The smallest absolute Gasteiger partial charge is 0.337 e. The number of hydrogen-bond donors (Lipinski definition) is 2. The topological polar surface area (TPSA) is 92.7 Å².